The topological polar surface area (TPSA) is 18.5 Å². The molecule has 0 fully saturated rings. The van der Waals surface area contributed by atoms with E-state index < -0.39 is 7.27 Å². The molecule has 0 saturated carbocycles. The maximum Gasteiger partial charge on any atom is 0.120 e. The summed E-state index contributed by atoms with van der Waals surface area (Å²) in [7, 11) is -0.901. The van der Waals surface area contributed by atoms with Gasteiger partial charge in [0.2, 0.25) is 0 Å². The molecule has 0 aliphatic carbocycles. The Morgan fingerprint density at radius 1 is 0.625 bits per heavy atom. The second-order valence-corrected chi connectivity index (χ2v) is 10.3. The van der Waals surface area contributed by atoms with Gasteiger partial charge in [0.15, 0.2) is 0 Å². The van der Waals surface area contributed by atoms with Gasteiger partial charge in [-0.15, -0.1) is 0 Å². The summed E-state index contributed by atoms with van der Waals surface area (Å²) in [5.41, 5.74) is -0.397. The van der Waals surface area contributed by atoms with E-state index in [4.69, 9.17) is 20.7 Å². The molecule has 0 heterocycles. The van der Waals surface area contributed by atoms with E-state index in [9.17, 15) is 0 Å². The zero-order chi connectivity index (χ0) is 18.0. The van der Waals surface area contributed by atoms with E-state index >= 15 is 0 Å². The lowest BCUT2D eigenvalue weighted by Crippen LogP contribution is -2.23. The Labute approximate surface area is 151 Å². The number of benzene rings is 2. The molecule has 2 aromatic rings. The van der Waals surface area contributed by atoms with Crippen LogP contribution in [0.25, 0.3) is 0 Å². The normalized spacial score (nSPS) is 12.3. The average molecular weight is 365 g/mol. The van der Waals surface area contributed by atoms with Gasteiger partial charge in [-0.3, -0.25) is 0 Å². The zero-order valence-corrected chi connectivity index (χ0v) is 16.9. The molecule has 0 radical (unpaired) electrons. The highest BCUT2D eigenvalue weighted by Gasteiger charge is 2.15. The molecule has 0 aromatic heterocycles. The molecule has 0 amide bonds. The molecule has 0 aliphatic rings. The Morgan fingerprint density at radius 3 is 1.17 bits per heavy atom. The molecule has 0 saturated heterocycles. The third kappa shape index (κ3) is 6.00. The van der Waals surface area contributed by atoms with Gasteiger partial charge in [-0.1, -0.05) is 11.2 Å². The lowest BCUT2D eigenvalue weighted by atomic mass is 10.2. The van der Waals surface area contributed by atoms with E-state index in [1.54, 1.807) is 0 Å². The van der Waals surface area contributed by atoms with Crippen molar-refractivity contribution in [1.29, 1.82) is 0 Å². The fourth-order valence-electron chi connectivity index (χ4n) is 2.15. The van der Waals surface area contributed by atoms with Crippen LogP contribution in [0.4, 0.5) is 0 Å². The molecule has 0 aliphatic heterocycles. The van der Waals surface area contributed by atoms with E-state index in [-0.39, 0.29) is 11.2 Å². The number of ether oxygens (including phenoxy) is 2. The highest BCUT2D eigenvalue weighted by Crippen LogP contribution is 2.39. The molecule has 0 bridgehead atoms. The lowest BCUT2D eigenvalue weighted by Gasteiger charge is -2.22. The first-order valence-electron chi connectivity index (χ1n) is 8.08. The van der Waals surface area contributed by atoms with Crippen LogP contribution >= 0.6 is 18.5 Å². The number of halogens is 1. The summed E-state index contributed by atoms with van der Waals surface area (Å²) < 4.78 is 11.7. The molecular formula is C20H26ClO2P. The highest BCUT2D eigenvalue weighted by molar-refractivity contribution is 7.95. The quantitative estimate of drug-likeness (QED) is 0.655. The Hall–Kier alpha value is -1.24. The largest absolute Gasteiger partial charge is 0.488 e. The van der Waals surface area contributed by atoms with Crippen molar-refractivity contribution in [1.82, 2.24) is 0 Å². The minimum atomic E-state index is -0.901. The monoisotopic (exact) mass is 364 g/mol. The van der Waals surface area contributed by atoms with Crippen LogP contribution in [0.5, 0.6) is 11.5 Å². The molecule has 2 aromatic carbocycles. The molecule has 0 N–H and O–H groups in total. The second-order valence-electron chi connectivity index (χ2n) is 7.70. The summed E-state index contributed by atoms with van der Waals surface area (Å²) in [5, 5.41) is 2.22. The maximum absolute atomic E-state index is 6.69. The van der Waals surface area contributed by atoms with Gasteiger partial charge < -0.3 is 9.47 Å². The summed E-state index contributed by atoms with van der Waals surface area (Å²) in [6.45, 7) is 12.2. The van der Waals surface area contributed by atoms with Crippen LogP contribution in [-0.2, 0) is 0 Å². The van der Waals surface area contributed by atoms with Gasteiger partial charge in [0, 0.05) is 0 Å². The summed E-state index contributed by atoms with van der Waals surface area (Å²) >= 11 is 6.69. The van der Waals surface area contributed by atoms with Crippen LogP contribution in [-0.4, -0.2) is 11.2 Å². The fraction of sp³-hybridized carbons (Fsp3) is 0.400. The minimum Gasteiger partial charge on any atom is -0.488 e. The summed E-state index contributed by atoms with van der Waals surface area (Å²) in [4.78, 5) is 0. The van der Waals surface area contributed by atoms with Crippen molar-refractivity contribution < 1.29 is 9.47 Å². The van der Waals surface area contributed by atoms with E-state index in [1.165, 1.54) is 0 Å². The number of hydrogen-bond acceptors (Lipinski definition) is 2. The molecule has 0 spiro atoms. The third-order valence-corrected chi connectivity index (χ3v) is 5.65. The maximum atomic E-state index is 6.69. The van der Waals surface area contributed by atoms with Crippen LogP contribution in [0.3, 0.4) is 0 Å². The smallest absolute Gasteiger partial charge is 0.120 e. The van der Waals surface area contributed by atoms with Crippen molar-refractivity contribution in [2.24, 2.45) is 0 Å². The Bertz CT molecular complexity index is 593. The number of rotatable bonds is 4. The zero-order valence-electron chi connectivity index (χ0n) is 15.3. The molecular weight excluding hydrogens is 339 g/mol. The first kappa shape index (κ1) is 19.1. The van der Waals surface area contributed by atoms with Crippen molar-refractivity contribution in [3.63, 3.8) is 0 Å². The van der Waals surface area contributed by atoms with E-state index in [0.717, 1.165) is 22.1 Å². The van der Waals surface area contributed by atoms with Gasteiger partial charge in [0.05, 0.1) is 7.27 Å². The van der Waals surface area contributed by atoms with Crippen LogP contribution in [0.1, 0.15) is 41.5 Å². The molecule has 2 nitrogen and oxygen atoms in total. The lowest BCUT2D eigenvalue weighted by molar-refractivity contribution is 0.130. The first-order valence-corrected chi connectivity index (χ1v) is 10.3. The average Bonchev–Trinajstić information content (AvgIpc) is 2.45. The Kier molecular flexibility index (Phi) is 5.83. The molecule has 0 unspecified atom stereocenters. The summed E-state index contributed by atoms with van der Waals surface area (Å²) in [5.74, 6) is 1.72. The van der Waals surface area contributed by atoms with Crippen molar-refractivity contribution in [3.8, 4) is 11.5 Å². The van der Waals surface area contributed by atoms with Gasteiger partial charge >= 0.3 is 0 Å². The molecule has 24 heavy (non-hydrogen) atoms. The number of hydrogen-bond donors (Lipinski definition) is 0. The van der Waals surface area contributed by atoms with Gasteiger partial charge in [-0.05, 0) is 101 Å². The van der Waals surface area contributed by atoms with E-state index in [2.05, 4.69) is 0 Å². The Morgan fingerprint density at radius 2 is 0.917 bits per heavy atom. The molecule has 4 heteroatoms. The van der Waals surface area contributed by atoms with Crippen LogP contribution in [0, 0.1) is 0 Å². The van der Waals surface area contributed by atoms with Gasteiger partial charge in [-0.2, -0.15) is 0 Å². The molecule has 2 rings (SSSR count). The van der Waals surface area contributed by atoms with Crippen molar-refractivity contribution >= 4 is 29.1 Å². The van der Waals surface area contributed by atoms with Crippen molar-refractivity contribution in [2.75, 3.05) is 0 Å². The minimum absolute atomic E-state index is 0.198. The van der Waals surface area contributed by atoms with Crippen LogP contribution < -0.4 is 20.1 Å². The third-order valence-electron chi connectivity index (χ3n) is 2.97. The summed E-state index contributed by atoms with van der Waals surface area (Å²) in [6, 6.07) is 16.1. The van der Waals surface area contributed by atoms with Crippen LogP contribution in [0.2, 0.25) is 0 Å². The second kappa shape index (κ2) is 7.33. The van der Waals surface area contributed by atoms with E-state index in [0.29, 0.717) is 0 Å². The Balaban J connectivity index is 2.09. The van der Waals surface area contributed by atoms with Gasteiger partial charge in [0.1, 0.15) is 22.7 Å². The van der Waals surface area contributed by atoms with Gasteiger partial charge in [-0.25, -0.2) is 0 Å². The van der Waals surface area contributed by atoms with Gasteiger partial charge in [0.25, 0.3) is 0 Å². The predicted molar refractivity (Wildman–Crippen MR) is 106 cm³/mol. The van der Waals surface area contributed by atoms with Crippen molar-refractivity contribution in [3.05, 3.63) is 48.5 Å². The van der Waals surface area contributed by atoms with E-state index in [1.807, 2.05) is 90.1 Å². The molecule has 0 atom stereocenters. The summed E-state index contributed by atoms with van der Waals surface area (Å²) in [6.07, 6.45) is 0. The standard InChI is InChI=1S/C20H26ClO2P/c1-19(2,3)22-15-7-11-17(12-8-15)24(21)18-13-9-16(10-14-18)23-20(4,5)6/h7-14H,1-6H3. The highest BCUT2D eigenvalue weighted by atomic mass is 35.7. The first-order chi connectivity index (χ1) is 11.0. The van der Waals surface area contributed by atoms with Crippen molar-refractivity contribution in [2.45, 2.75) is 52.7 Å². The predicted octanol–water partition coefficient (Wildman–Crippen LogP) is 5.63. The fourth-order valence-corrected chi connectivity index (χ4v) is 3.94. The SMILES string of the molecule is CC(C)(C)Oc1ccc(P(Cl)c2ccc(OC(C)(C)C)cc2)cc1. The van der Waals surface area contributed by atoms with Crippen LogP contribution in [0.15, 0.2) is 48.5 Å². The molecule has 130 valence electrons.